The zero-order valence-corrected chi connectivity index (χ0v) is 20.4. The molecule has 4 aromatic heterocycles. The summed E-state index contributed by atoms with van der Waals surface area (Å²) in [5, 5.41) is 8.55. The Bertz CT molecular complexity index is 1720. The van der Waals surface area contributed by atoms with Crippen molar-refractivity contribution >= 4 is 22.1 Å². The van der Waals surface area contributed by atoms with Gasteiger partial charge in [0.05, 0.1) is 5.52 Å². The van der Waals surface area contributed by atoms with Crippen LogP contribution in [0.25, 0.3) is 55.8 Å². The van der Waals surface area contributed by atoms with Crippen LogP contribution in [0.1, 0.15) is 11.6 Å². The van der Waals surface area contributed by atoms with E-state index in [9.17, 15) is 4.39 Å². The van der Waals surface area contributed by atoms with E-state index in [2.05, 4.69) is 31.2 Å². The molecule has 9 heteroatoms. The summed E-state index contributed by atoms with van der Waals surface area (Å²) in [6, 6.07) is 16.5. The van der Waals surface area contributed by atoms with Crippen molar-refractivity contribution in [1.82, 2.24) is 35.0 Å². The molecule has 0 bridgehead atoms. The Balaban J connectivity index is 1.45. The van der Waals surface area contributed by atoms with Crippen LogP contribution in [-0.4, -0.2) is 55.7 Å². The van der Waals surface area contributed by atoms with Gasteiger partial charge in [-0.05, 0) is 84.9 Å². The highest BCUT2D eigenvalue weighted by molar-refractivity contribution is 5.97. The SMILES string of the molecule is CN(C)CC(N)c1cc(F)cc(-c2ccnc3[nH]c(-c4n[nH]c5ccc(-c6ccncc6)cc45)nc23)c1. The molecule has 8 nitrogen and oxygen atoms in total. The Morgan fingerprint density at radius 1 is 0.946 bits per heavy atom. The minimum atomic E-state index is -0.343. The summed E-state index contributed by atoms with van der Waals surface area (Å²) in [5.74, 6) is 0.235. The third kappa shape index (κ3) is 4.35. The minimum absolute atomic E-state index is 0.318. The molecule has 0 radical (unpaired) electrons. The minimum Gasteiger partial charge on any atom is -0.323 e. The average molecular weight is 493 g/mol. The van der Waals surface area contributed by atoms with Crippen LogP contribution in [0.4, 0.5) is 4.39 Å². The Morgan fingerprint density at radius 3 is 2.59 bits per heavy atom. The smallest absolute Gasteiger partial charge is 0.160 e. The highest BCUT2D eigenvalue weighted by Gasteiger charge is 2.18. The van der Waals surface area contributed by atoms with Crippen molar-refractivity contribution in [3.63, 3.8) is 0 Å². The number of imidazole rings is 1. The summed E-state index contributed by atoms with van der Waals surface area (Å²) < 4.78 is 14.7. The first-order chi connectivity index (χ1) is 18.0. The van der Waals surface area contributed by atoms with Crippen molar-refractivity contribution in [2.75, 3.05) is 20.6 Å². The van der Waals surface area contributed by atoms with E-state index in [1.807, 2.05) is 55.4 Å². The lowest BCUT2D eigenvalue weighted by Gasteiger charge is -2.18. The standard InChI is InChI=1S/C28H25FN8/c1-37(2)15-23(30)19-11-18(12-20(29)13-19)21-7-10-32-27-25(21)33-28(34-27)26-22-14-17(3-4-24(22)35-36-26)16-5-8-31-9-6-16/h3-14,23H,15,30H2,1-2H3,(H,35,36)(H,32,33,34). The van der Waals surface area contributed by atoms with Gasteiger partial charge in [0, 0.05) is 42.1 Å². The van der Waals surface area contributed by atoms with E-state index in [0.717, 1.165) is 33.2 Å². The van der Waals surface area contributed by atoms with Crippen molar-refractivity contribution in [1.29, 1.82) is 0 Å². The summed E-state index contributed by atoms with van der Waals surface area (Å²) in [5.41, 5.74) is 13.5. The lowest BCUT2D eigenvalue weighted by molar-refractivity contribution is 0.376. The van der Waals surface area contributed by atoms with E-state index in [-0.39, 0.29) is 11.9 Å². The number of hydrogen-bond acceptors (Lipinski definition) is 6. The van der Waals surface area contributed by atoms with Crippen LogP contribution >= 0.6 is 0 Å². The molecule has 6 aromatic rings. The molecule has 0 aliphatic carbocycles. The van der Waals surface area contributed by atoms with Gasteiger partial charge in [0.25, 0.3) is 0 Å². The van der Waals surface area contributed by atoms with Crippen LogP contribution < -0.4 is 5.73 Å². The number of aromatic amines is 2. The maximum Gasteiger partial charge on any atom is 0.160 e. The third-order valence-electron chi connectivity index (χ3n) is 6.41. The Kier molecular flexibility index (Phi) is 5.71. The molecule has 0 fully saturated rings. The number of H-pyrrole nitrogens is 2. The van der Waals surface area contributed by atoms with Gasteiger partial charge in [-0.1, -0.05) is 6.07 Å². The van der Waals surface area contributed by atoms with Gasteiger partial charge in [0.2, 0.25) is 0 Å². The van der Waals surface area contributed by atoms with Crippen molar-refractivity contribution in [3.8, 4) is 33.8 Å². The van der Waals surface area contributed by atoms with E-state index in [1.165, 1.54) is 12.1 Å². The second-order valence-electron chi connectivity index (χ2n) is 9.35. The monoisotopic (exact) mass is 492 g/mol. The van der Waals surface area contributed by atoms with Crippen LogP contribution in [0.2, 0.25) is 0 Å². The van der Waals surface area contributed by atoms with Gasteiger partial charge in [-0.3, -0.25) is 10.1 Å². The highest BCUT2D eigenvalue weighted by atomic mass is 19.1. The summed E-state index contributed by atoms with van der Waals surface area (Å²) in [6.45, 7) is 0.606. The van der Waals surface area contributed by atoms with Crippen LogP contribution in [0, 0.1) is 5.82 Å². The van der Waals surface area contributed by atoms with Crippen molar-refractivity contribution in [2.45, 2.75) is 6.04 Å². The molecule has 4 heterocycles. The number of nitrogens with zero attached hydrogens (tertiary/aromatic N) is 5. The second-order valence-corrected chi connectivity index (χ2v) is 9.35. The fraction of sp³-hybridized carbons (Fsp3) is 0.143. The predicted octanol–water partition coefficient (Wildman–Crippen LogP) is 4.93. The Morgan fingerprint density at radius 2 is 1.78 bits per heavy atom. The molecule has 184 valence electrons. The maximum absolute atomic E-state index is 14.7. The van der Waals surface area contributed by atoms with E-state index in [0.29, 0.717) is 34.8 Å². The molecular weight excluding hydrogens is 467 g/mol. The highest BCUT2D eigenvalue weighted by Crippen LogP contribution is 2.33. The summed E-state index contributed by atoms with van der Waals surface area (Å²) >= 11 is 0. The number of halogens is 1. The quantitative estimate of drug-likeness (QED) is 0.304. The maximum atomic E-state index is 14.7. The number of hydrogen-bond donors (Lipinski definition) is 3. The van der Waals surface area contributed by atoms with E-state index in [4.69, 9.17) is 10.7 Å². The number of nitrogens with one attached hydrogen (secondary N) is 2. The van der Waals surface area contributed by atoms with Gasteiger partial charge in [-0.25, -0.2) is 14.4 Å². The molecule has 37 heavy (non-hydrogen) atoms. The zero-order valence-electron chi connectivity index (χ0n) is 20.4. The first kappa shape index (κ1) is 23.0. The molecule has 0 aliphatic rings. The lowest BCUT2D eigenvalue weighted by Crippen LogP contribution is -2.26. The first-order valence-corrected chi connectivity index (χ1v) is 11.9. The molecule has 0 aliphatic heterocycles. The zero-order chi connectivity index (χ0) is 25.5. The number of nitrogens with two attached hydrogens (primary N) is 1. The molecule has 0 saturated carbocycles. The van der Waals surface area contributed by atoms with Crippen LogP contribution in [0.5, 0.6) is 0 Å². The lowest BCUT2D eigenvalue weighted by atomic mass is 9.99. The fourth-order valence-corrected chi connectivity index (χ4v) is 4.65. The number of fused-ring (bicyclic) bond motifs is 2. The van der Waals surface area contributed by atoms with E-state index >= 15 is 0 Å². The first-order valence-electron chi connectivity index (χ1n) is 11.9. The van der Waals surface area contributed by atoms with Gasteiger partial charge in [0.15, 0.2) is 11.5 Å². The molecule has 6 rings (SSSR count). The topological polar surface area (TPSA) is 112 Å². The summed E-state index contributed by atoms with van der Waals surface area (Å²) in [4.78, 5) is 18.7. The number of rotatable bonds is 6. The molecule has 0 saturated heterocycles. The van der Waals surface area contributed by atoms with E-state index in [1.54, 1.807) is 18.6 Å². The van der Waals surface area contributed by atoms with Gasteiger partial charge in [0.1, 0.15) is 17.0 Å². The Hall–Kier alpha value is -4.47. The van der Waals surface area contributed by atoms with E-state index < -0.39 is 0 Å². The molecule has 1 unspecified atom stereocenters. The van der Waals surface area contributed by atoms with Crippen LogP contribution in [0.3, 0.4) is 0 Å². The van der Waals surface area contributed by atoms with Crippen molar-refractivity contribution in [3.05, 3.63) is 84.6 Å². The third-order valence-corrected chi connectivity index (χ3v) is 6.41. The summed E-state index contributed by atoms with van der Waals surface area (Å²) in [7, 11) is 3.88. The second kappa shape index (κ2) is 9.20. The van der Waals surface area contributed by atoms with Crippen LogP contribution in [0.15, 0.2) is 73.2 Å². The fourth-order valence-electron chi connectivity index (χ4n) is 4.65. The molecule has 0 amide bonds. The van der Waals surface area contributed by atoms with Crippen molar-refractivity contribution in [2.24, 2.45) is 5.73 Å². The number of benzene rings is 2. The number of aromatic nitrogens is 6. The molecule has 0 spiro atoms. The van der Waals surface area contributed by atoms with Gasteiger partial charge >= 0.3 is 0 Å². The van der Waals surface area contributed by atoms with Gasteiger partial charge in [-0.2, -0.15) is 5.10 Å². The van der Waals surface area contributed by atoms with Crippen molar-refractivity contribution < 1.29 is 4.39 Å². The largest absolute Gasteiger partial charge is 0.323 e. The average Bonchev–Trinajstić information content (AvgIpc) is 3.52. The number of pyridine rings is 2. The predicted molar refractivity (Wildman–Crippen MR) is 143 cm³/mol. The van der Waals surface area contributed by atoms with Crippen LogP contribution in [-0.2, 0) is 0 Å². The number of likely N-dealkylation sites (N-methyl/N-ethyl adjacent to an activating group) is 1. The van der Waals surface area contributed by atoms with Gasteiger partial charge in [-0.15, -0.1) is 0 Å². The van der Waals surface area contributed by atoms with Gasteiger partial charge < -0.3 is 15.6 Å². The Labute approximate surface area is 212 Å². The molecule has 4 N–H and O–H groups in total. The molecule has 2 aromatic carbocycles. The molecule has 1 atom stereocenters. The normalized spacial score (nSPS) is 12.6. The summed E-state index contributed by atoms with van der Waals surface area (Å²) in [6.07, 6.45) is 5.23. The molecular formula is C28H25FN8.